The van der Waals surface area contributed by atoms with Crippen molar-refractivity contribution in [3.8, 4) is 0 Å². The van der Waals surface area contributed by atoms with Gasteiger partial charge in [-0.2, -0.15) is 0 Å². The van der Waals surface area contributed by atoms with E-state index in [-0.39, 0.29) is 0 Å². The fourth-order valence-electron chi connectivity index (χ4n) is 3.61. The van der Waals surface area contributed by atoms with E-state index in [1.165, 1.54) is 43.6 Å². The van der Waals surface area contributed by atoms with E-state index in [0.717, 1.165) is 18.4 Å². The number of fused-ring (bicyclic) bond motifs is 1. The zero-order valence-electron chi connectivity index (χ0n) is 12.1. The molecule has 2 atom stereocenters. The van der Waals surface area contributed by atoms with Crippen LogP contribution in [0.15, 0.2) is 18.5 Å². The van der Waals surface area contributed by atoms with Gasteiger partial charge < -0.3 is 10.2 Å². The lowest BCUT2D eigenvalue weighted by Gasteiger charge is -2.23. The first-order valence-corrected chi connectivity index (χ1v) is 7.65. The lowest BCUT2D eigenvalue weighted by molar-refractivity contribution is 0.494. The molecule has 104 valence electrons. The van der Waals surface area contributed by atoms with Gasteiger partial charge in [0.15, 0.2) is 0 Å². The van der Waals surface area contributed by atoms with Crippen LogP contribution in [0.4, 0.5) is 5.69 Å². The van der Waals surface area contributed by atoms with Crippen LogP contribution < -0.4 is 10.2 Å². The monoisotopic (exact) mass is 259 g/mol. The van der Waals surface area contributed by atoms with E-state index >= 15 is 0 Å². The van der Waals surface area contributed by atoms with Crippen molar-refractivity contribution in [2.24, 2.45) is 11.8 Å². The van der Waals surface area contributed by atoms with E-state index in [1.54, 1.807) is 0 Å². The maximum atomic E-state index is 4.30. The topological polar surface area (TPSA) is 28.2 Å². The molecule has 2 aliphatic rings. The Morgan fingerprint density at radius 3 is 2.74 bits per heavy atom. The maximum Gasteiger partial charge on any atom is 0.0443 e. The average molecular weight is 259 g/mol. The molecule has 1 N–H and O–H groups in total. The Balaban J connectivity index is 1.73. The number of anilines is 1. The quantitative estimate of drug-likeness (QED) is 0.901. The van der Waals surface area contributed by atoms with Gasteiger partial charge in [0.2, 0.25) is 0 Å². The van der Waals surface area contributed by atoms with Crippen LogP contribution in [0.5, 0.6) is 0 Å². The summed E-state index contributed by atoms with van der Waals surface area (Å²) in [7, 11) is 0. The summed E-state index contributed by atoms with van der Waals surface area (Å²) >= 11 is 0. The van der Waals surface area contributed by atoms with Crippen LogP contribution in [0.3, 0.4) is 0 Å². The highest BCUT2D eigenvalue weighted by Crippen LogP contribution is 2.40. The largest absolute Gasteiger partial charge is 0.371 e. The van der Waals surface area contributed by atoms with Crippen molar-refractivity contribution in [2.45, 2.75) is 45.7 Å². The van der Waals surface area contributed by atoms with Crippen molar-refractivity contribution in [3.63, 3.8) is 0 Å². The third-order valence-corrected chi connectivity index (χ3v) is 4.65. The second-order valence-corrected chi connectivity index (χ2v) is 6.40. The van der Waals surface area contributed by atoms with E-state index in [0.29, 0.717) is 6.04 Å². The average Bonchev–Trinajstić information content (AvgIpc) is 2.97. The Labute approximate surface area is 116 Å². The van der Waals surface area contributed by atoms with Gasteiger partial charge in [-0.3, -0.25) is 4.98 Å². The summed E-state index contributed by atoms with van der Waals surface area (Å²) in [4.78, 5) is 6.89. The molecule has 3 nitrogen and oxygen atoms in total. The van der Waals surface area contributed by atoms with Gasteiger partial charge in [-0.15, -0.1) is 0 Å². The summed E-state index contributed by atoms with van der Waals surface area (Å²) in [6, 6.07) is 2.71. The number of hydrogen-bond acceptors (Lipinski definition) is 3. The van der Waals surface area contributed by atoms with Gasteiger partial charge in [0.05, 0.1) is 0 Å². The minimum atomic E-state index is 0.519. The first kappa shape index (κ1) is 12.9. The SMILES string of the molecule is CC(C)NCc1cnccc1N1CC2CCCC2C1. The molecule has 3 heteroatoms. The van der Waals surface area contributed by atoms with E-state index in [1.807, 2.05) is 12.4 Å². The Bertz CT molecular complexity index is 418. The number of rotatable bonds is 4. The molecule has 0 spiro atoms. The molecular weight excluding hydrogens is 234 g/mol. The highest BCUT2D eigenvalue weighted by atomic mass is 15.2. The van der Waals surface area contributed by atoms with Crippen LogP contribution in [-0.2, 0) is 6.54 Å². The van der Waals surface area contributed by atoms with Crippen LogP contribution in [0.25, 0.3) is 0 Å². The molecule has 0 radical (unpaired) electrons. The van der Waals surface area contributed by atoms with Crippen molar-refractivity contribution < 1.29 is 0 Å². The lowest BCUT2D eigenvalue weighted by Crippen LogP contribution is -2.26. The molecule has 0 aromatic carbocycles. The van der Waals surface area contributed by atoms with Crippen molar-refractivity contribution in [3.05, 3.63) is 24.0 Å². The van der Waals surface area contributed by atoms with E-state index in [4.69, 9.17) is 0 Å². The summed E-state index contributed by atoms with van der Waals surface area (Å²) in [5.41, 5.74) is 2.74. The summed E-state index contributed by atoms with van der Waals surface area (Å²) in [6.45, 7) is 7.81. The molecule has 1 saturated heterocycles. The number of aromatic nitrogens is 1. The third-order valence-electron chi connectivity index (χ3n) is 4.65. The molecule has 0 bridgehead atoms. The zero-order chi connectivity index (χ0) is 13.2. The minimum absolute atomic E-state index is 0.519. The summed E-state index contributed by atoms with van der Waals surface area (Å²) in [5, 5.41) is 3.51. The van der Waals surface area contributed by atoms with Crippen LogP contribution in [0.2, 0.25) is 0 Å². The van der Waals surface area contributed by atoms with Gasteiger partial charge in [0, 0.05) is 49.3 Å². The normalized spacial score (nSPS) is 26.2. The molecule has 1 aliphatic carbocycles. The van der Waals surface area contributed by atoms with Crippen LogP contribution in [0.1, 0.15) is 38.7 Å². The fraction of sp³-hybridized carbons (Fsp3) is 0.688. The van der Waals surface area contributed by atoms with Crippen molar-refractivity contribution >= 4 is 5.69 Å². The molecule has 1 aromatic rings. The molecule has 1 saturated carbocycles. The predicted octanol–water partition coefficient (Wildman–Crippen LogP) is 2.82. The fourth-order valence-corrected chi connectivity index (χ4v) is 3.61. The Morgan fingerprint density at radius 2 is 2.05 bits per heavy atom. The minimum Gasteiger partial charge on any atom is -0.371 e. The molecular formula is C16H25N3. The molecule has 0 amide bonds. The Kier molecular flexibility index (Phi) is 3.74. The van der Waals surface area contributed by atoms with Gasteiger partial charge in [-0.1, -0.05) is 20.3 Å². The Hall–Kier alpha value is -1.09. The second kappa shape index (κ2) is 5.49. The van der Waals surface area contributed by atoms with Gasteiger partial charge in [-0.25, -0.2) is 0 Å². The number of nitrogens with zero attached hydrogens (tertiary/aromatic N) is 2. The highest BCUT2D eigenvalue weighted by molar-refractivity contribution is 5.53. The number of hydrogen-bond donors (Lipinski definition) is 1. The zero-order valence-corrected chi connectivity index (χ0v) is 12.1. The highest BCUT2D eigenvalue weighted by Gasteiger charge is 2.36. The second-order valence-electron chi connectivity index (χ2n) is 6.40. The van der Waals surface area contributed by atoms with Gasteiger partial charge >= 0.3 is 0 Å². The number of nitrogens with one attached hydrogen (secondary N) is 1. The smallest absolute Gasteiger partial charge is 0.0443 e. The first-order chi connectivity index (χ1) is 9.24. The number of pyridine rings is 1. The third kappa shape index (κ3) is 2.76. The van der Waals surface area contributed by atoms with Crippen molar-refractivity contribution in [1.29, 1.82) is 0 Å². The predicted molar refractivity (Wildman–Crippen MR) is 79.3 cm³/mol. The molecule has 2 unspecified atom stereocenters. The van der Waals surface area contributed by atoms with E-state index in [2.05, 4.69) is 35.1 Å². The van der Waals surface area contributed by atoms with Crippen molar-refractivity contribution in [1.82, 2.24) is 10.3 Å². The lowest BCUT2D eigenvalue weighted by atomic mass is 10.0. The molecule has 1 aliphatic heterocycles. The first-order valence-electron chi connectivity index (χ1n) is 7.65. The molecule has 19 heavy (non-hydrogen) atoms. The van der Waals surface area contributed by atoms with Crippen LogP contribution >= 0.6 is 0 Å². The van der Waals surface area contributed by atoms with E-state index in [9.17, 15) is 0 Å². The summed E-state index contributed by atoms with van der Waals surface area (Å²) in [5.74, 6) is 1.89. The van der Waals surface area contributed by atoms with Crippen molar-refractivity contribution in [2.75, 3.05) is 18.0 Å². The maximum absolute atomic E-state index is 4.30. The molecule has 2 fully saturated rings. The molecule has 2 heterocycles. The van der Waals surface area contributed by atoms with Crippen LogP contribution in [-0.4, -0.2) is 24.1 Å². The van der Waals surface area contributed by atoms with Crippen LogP contribution in [0, 0.1) is 11.8 Å². The van der Waals surface area contributed by atoms with E-state index < -0.39 is 0 Å². The molecule has 1 aromatic heterocycles. The standard InChI is InChI=1S/C16H25N3/c1-12(2)18-9-15-8-17-7-6-16(15)19-10-13-4-3-5-14(13)11-19/h6-8,12-14,18H,3-5,9-11H2,1-2H3. The molecule has 3 rings (SSSR count). The van der Waals surface area contributed by atoms with Gasteiger partial charge in [0.25, 0.3) is 0 Å². The summed E-state index contributed by atoms with van der Waals surface area (Å²) in [6.07, 6.45) is 8.28. The Morgan fingerprint density at radius 1 is 1.32 bits per heavy atom. The summed E-state index contributed by atoms with van der Waals surface area (Å²) < 4.78 is 0. The van der Waals surface area contributed by atoms with Gasteiger partial charge in [0.1, 0.15) is 0 Å². The van der Waals surface area contributed by atoms with Gasteiger partial charge in [-0.05, 0) is 30.7 Å².